The second-order valence-electron chi connectivity index (χ2n) is 6.89. The molecule has 2 aromatic carbocycles. The van der Waals surface area contributed by atoms with Crippen molar-refractivity contribution in [3.8, 4) is 11.5 Å². The Balaban J connectivity index is 1.60. The van der Waals surface area contributed by atoms with E-state index in [0.717, 1.165) is 11.1 Å². The van der Waals surface area contributed by atoms with Crippen LogP contribution in [0.15, 0.2) is 54.7 Å². The van der Waals surface area contributed by atoms with Crippen molar-refractivity contribution >= 4 is 11.8 Å². The van der Waals surface area contributed by atoms with E-state index in [9.17, 15) is 9.59 Å². The van der Waals surface area contributed by atoms with Gasteiger partial charge in [0, 0.05) is 18.7 Å². The first-order valence-electron chi connectivity index (χ1n) is 9.47. The first kappa shape index (κ1) is 22.0. The minimum atomic E-state index is -0.290. The molecule has 6 nitrogen and oxygen atoms in total. The van der Waals surface area contributed by atoms with E-state index in [-0.39, 0.29) is 25.0 Å². The molecule has 0 spiro atoms. The van der Waals surface area contributed by atoms with Gasteiger partial charge in [0.1, 0.15) is 11.5 Å². The third-order valence-electron chi connectivity index (χ3n) is 4.30. The summed E-state index contributed by atoms with van der Waals surface area (Å²) in [6, 6.07) is 13.2. The van der Waals surface area contributed by atoms with Gasteiger partial charge in [0.2, 0.25) is 0 Å². The summed E-state index contributed by atoms with van der Waals surface area (Å²) in [5.74, 6) is 0.769. The maximum absolute atomic E-state index is 12.0. The first-order chi connectivity index (χ1) is 13.8. The van der Waals surface area contributed by atoms with E-state index < -0.39 is 0 Å². The Kier molecular flexibility index (Phi) is 8.27. The van der Waals surface area contributed by atoms with Crippen molar-refractivity contribution in [1.29, 1.82) is 0 Å². The van der Waals surface area contributed by atoms with E-state index >= 15 is 0 Å². The van der Waals surface area contributed by atoms with Crippen molar-refractivity contribution in [2.45, 2.75) is 27.2 Å². The minimum absolute atomic E-state index is 0.0638. The van der Waals surface area contributed by atoms with Crippen LogP contribution in [0.25, 0.3) is 0 Å². The molecule has 0 fully saturated rings. The van der Waals surface area contributed by atoms with Crippen molar-refractivity contribution in [3.63, 3.8) is 0 Å². The molecule has 0 saturated carbocycles. The van der Waals surface area contributed by atoms with E-state index in [1.807, 2.05) is 63.2 Å². The molecule has 2 rings (SSSR count). The van der Waals surface area contributed by atoms with Crippen LogP contribution < -0.4 is 20.1 Å². The lowest BCUT2D eigenvalue weighted by atomic mass is 10.1. The molecule has 0 bridgehead atoms. The Morgan fingerprint density at radius 2 is 1.48 bits per heavy atom. The van der Waals surface area contributed by atoms with Gasteiger partial charge >= 0.3 is 0 Å². The van der Waals surface area contributed by atoms with Crippen molar-refractivity contribution in [3.05, 3.63) is 71.4 Å². The molecule has 0 aliphatic heterocycles. The van der Waals surface area contributed by atoms with Crippen LogP contribution in [-0.4, -0.2) is 31.6 Å². The fourth-order valence-electron chi connectivity index (χ4n) is 2.44. The summed E-state index contributed by atoms with van der Waals surface area (Å²) in [5.41, 5.74) is 3.91. The average Bonchev–Trinajstić information content (AvgIpc) is 2.68. The molecule has 0 atom stereocenters. The second kappa shape index (κ2) is 10.9. The van der Waals surface area contributed by atoms with E-state index in [2.05, 4.69) is 17.2 Å². The van der Waals surface area contributed by atoms with Crippen LogP contribution in [0.2, 0.25) is 0 Å². The first-order valence-corrected chi connectivity index (χ1v) is 9.47. The van der Waals surface area contributed by atoms with Crippen molar-refractivity contribution in [2.24, 2.45) is 0 Å². The number of hydrogen-bond acceptors (Lipinski definition) is 4. The van der Waals surface area contributed by atoms with Crippen molar-refractivity contribution in [2.75, 3.05) is 19.8 Å². The highest BCUT2D eigenvalue weighted by Crippen LogP contribution is 2.16. The lowest BCUT2D eigenvalue weighted by molar-refractivity contribution is -0.123. The minimum Gasteiger partial charge on any atom is -0.484 e. The Hall–Kier alpha value is -3.28. The molecule has 6 heteroatoms. The molecule has 154 valence electrons. The lowest BCUT2D eigenvalue weighted by Gasteiger charge is -2.11. The van der Waals surface area contributed by atoms with Gasteiger partial charge in [-0.2, -0.15) is 0 Å². The van der Waals surface area contributed by atoms with Crippen LogP contribution in [0.4, 0.5) is 0 Å². The van der Waals surface area contributed by atoms with Gasteiger partial charge in [0.05, 0.1) is 0 Å². The molecule has 0 unspecified atom stereocenters. The molecular weight excluding hydrogens is 368 g/mol. The molecule has 0 aliphatic carbocycles. The SMILES string of the molecule is C=C(CCNC(=O)COc1ccc(C)cc1)NC(=O)COc1ccc(C)c(C)c1. The smallest absolute Gasteiger partial charge is 0.262 e. The van der Waals surface area contributed by atoms with Gasteiger partial charge < -0.3 is 20.1 Å². The van der Waals surface area contributed by atoms with E-state index in [1.54, 1.807) is 0 Å². The molecule has 2 N–H and O–H groups in total. The molecule has 0 radical (unpaired) electrons. The Morgan fingerprint density at radius 1 is 0.862 bits per heavy atom. The number of nitrogens with one attached hydrogen (secondary N) is 2. The van der Waals surface area contributed by atoms with Crippen LogP contribution in [0.5, 0.6) is 11.5 Å². The number of aryl methyl sites for hydroxylation is 3. The van der Waals surface area contributed by atoms with Gasteiger partial charge in [-0.25, -0.2) is 0 Å². The quantitative estimate of drug-likeness (QED) is 0.647. The number of rotatable bonds is 10. The van der Waals surface area contributed by atoms with Crippen LogP contribution >= 0.6 is 0 Å². The zero-order valence-electron chi connectivity index (χ0n) is 17.2. The Bertz CT molecular complexity index is 860. The van der Waals surface area contributed by atoms with Crippen LogP contribution in [-0.2, 0) is 9.59 Å². The fraction of sp³-hybridized carbons (Fsp3) is 0.304. The zero-order chi connectivity index (χ0) is 21.2. The van der Waals surface area contributed by atoms with E-state index in [1.165, 1.54) is 5.56 Å². The summed E-state index contributed by atoms with van der Waals surface area (Å²) in [6.07, 6.45) is 0.422. The van der Waals surface area contributed by atoms with Gasteiger partial charge in [-0.05, 0) is 56.2 Å². The molecule has 2 aromatic rings. The number of carbonyl (C=O) groups is 2. The van der Waals surface area contributed by atoms with Gasteiger partial charge in [0.15, 0.2) is 13.2 Å². The normalized spacial score (nSPS) is 10.2. The standard InChI is InChI=1S/C23H28N2O4/c1-16-5-8-20(9-6-16)28-14-22(26)24-12-11-19(4)25-23(27)15-29-21-10-7-17(2)18(3)13-21/h5-10,13H,4,11-12,14-15H2,1-3H3,(H,24,26)(H,25,27). The summed E-state index contributed by atoms with van der Waals surface area (Å²) in [7, 11) is 0. The van der Waals surface area contributed by atoms with E-state index in [4.69, 9.17) is 9.47 Å². The van der Waals surface area contributed by atoms with Crippen LogP contribution in [0.1, 0.15) is 23.1 Å². The highest BCUT2D eigenvalue weighted by Gasteiger charge is 2.07. The molecule has 0 aromatic heterocycles. The predicted octanol–water partition coefficient (Wildman–Crippen LogP) is 3.21. The lowest BCUT2D eigenvalue weighted by Crippen LogP contribution is -2.32. The molecule has 2 amide bonds. The number of benzene rings is 2. The monoisotopic (exact) mass is 396 g/mol. The third-order valence-corrected chi connectivity index (χ3v) is 4.30. The third kappa shape index (κ3) is 8.09. The van der Waals surface area contributed by atoms with Crippen molar-refractivity contribution in [1.82, 2.24) is 10.6 Å². The maximum Gasteiger partial charge on any atom is 0.262 e. The summed E-state index contributed by atoms with van der Waals surface area (Å²) in [5, 5.41) is 5.40. The topological polar surface area (TPSA) is 76.7 Å². The fourth-order valence-corrected chi connectivity index (χ4v) is 2.44. The summed E-state index contributed by atoms with van der Waals surface area (Å²) < 4.78 is 10.9. The predicted molar refractivity (Wildman–Crippen MR) is 113 cm³/mol. The Labute approximate surface area is 171 Å². The molecule has 0 saturated heterocycles. The second-order valence-corrected chi connectivity index (χ2v) is 6.89. The maximum atomic E-state index is 12.0. The summed E-state index contributed by atoms with van der Waals surface area (Å²) in [4.78, 5) is 23.8. The molecule has 29 heavy (non-hydrogen) atoms. The summed E-state index contributed by atoms with van der Waals surface area (Å²) in [6.45, 7) is 9.99. The highest BCUT2D eigenvalue weighted by molar-refractivity contribution is 5.79. The van der Waals surface area contributed by atoms with Gasteiger partial charge in [-0.1, -0.05) is 30.3 Å². The molecule has 0 heterocycles. The van der Waals surface area contributed by atoms with Crippen LogP contribution in [0.3, 0.4) is 0 Å². The van der Waals surface area contributed by atoms with Gasteiger partial charge in [0.25, 0.3) is 11.8 Å². The van der Waals surface area contributed by atoms with Crippen LogP contribution in [0, 0.1) is 20.8 Å². The molecular formula is C23H28N2O4. The van der Waals surface area contributed by atoms with Crippen molar-refractivity contribution < 1.29 is 19.1 Å². The highest BCUT2D eigenvalue weighted by atomic mass is 16.5. The van der Waals surface area contributed by atoms with Gasteiger partial charge in [-0.15, -0.1) is 0 Å². The number of amides is 2. The largest absolute Gasteiger partial charge is 0.484 e. The summed E-state index contributed by atoms with van der Waals surface area (Å²) >= 11 is 0. The Morgan fingerprint density at radius 3 is 2.17 bits per heavy atom. The van der Waals surface area contributed by atoms with Gasteiger partial charge in [-0.3, -0.25) is 9.59 Å². The average molecular weight is 396 g/mol. The number of ether oxygens (including phenoxy) is 2. The number of hydrogen-bond donors (Lipinski definition) is 2. The zero-order valence-corrected chi connectivity index (χ0v) is 17.2. The number of carbonyl (C=O) groups excluding carboxylic acids is 2. The molecule has 0 aliphatic rings. The van der Waals surface area contributed by atoms with E-state index in [0.29, 0.717) is 30.2 Å².